The lowest BCUT2D eigenvalue weighted by atomic mass is 9.71. The summed E-state index contributed by atoms with van der Waals surface area (Å²) in [5.74, 6) is 1.74. The van der Waals surface area contributed by atoms with Crippen LogP contribution in [0.4, 0.5) is 0 Å². The summed E-state index contributed by atoms with van der Waals surface area (Å²) >= 11 is 0. The maximum absolute atomic E-state index is 4.10. The Hall–Kier alpha value is -0.520. The maximum atomic E-state index is 4.10. The molecule has 0 amide bonds. The van der Waals surface area contributed by atoms with Gasteiger partial charge in [-0.15, -0.1) is 0 Å². The molecule has 0 heterocycles. The second-order valence-electron chi connectivity index (χ2n) is 4.72. The zero-order valence-electron chi connectivity index (χ0n) is 8.68. The molecule has 0 saturated heterocycles. The number of hydrogen-bond donors (Lipinski definition) is 0. The quantitative estimate of drug-likeness (QED) is 0.528. The molecule has 2 aliphatic carbocycles. The van der Waals surface area contributed by atoms with Crippen LogP contribution >= 0.6 is 0 Å². The SMILES string of the molecule is C=C(C)[C@@H]1CCC2=CCCCC2C1. The van der Waals surface area contributed by atoms with Crippen molar-refractivity contribution in [1.29, 1.82) is 0 Å². The van der Waals surface area contributed by atoms with Crippen molar-refractivity contribution in [1.82, 2.24) is 0 Å². The smallest absolute Gasteiger partial charge is 0.0197 e. The monoisotopic (exact) mass is 176 g/mol. The normalized spacial score (nSPS) is 33.5. The fourth-order valence-corrected chi connectivity index (χ4v) is 2.83. The van der Waals surface area contributed by atoms with E-state index in [1.807, 2.05) is 0 Å². The predicted octanol–water partition coefficient (Wildman–Crippen LogP) is 4.09. The molecule has 72 valence electrons. The van der Waals surface area contributed by atoms with E-state index in [9.17, 15) is 0 Å². The van der Waals surface area contributed by atoms with E-state index < -0.39 is 0 Å². The third-order valence-corrected chi connectivity index (χ3v) is 3.74. The second-order valence-corrected chi connectivity index (χ2v) is 4.72. The van der Waals surface area contributed by atoms with Crippen molar-refractivity contribution in [3.63, 3.8) is 0 Å². The molecule has 0 aliphatic heterocycles. The van der Waals surface area contributed by atoms with Crippen LogP contribution in [0.15, 0.2) is 23.8 Å². The standard InChI is InChI=1S/C13H20/c1-10(2)12-8-7-11-5-3-4-6-13(11)9-12/h5,12-13H,1,3-4,6-9H2,2H3/t12-,13?/m1/s1. The average molecular weight is 176 g/mol. The first-order valence-corrected chi connectivity index (χ1v) is 5.61. The van der Waals surface area contributed by atoms with Crippen LogP contribution in [0, 0.1) is 11.8 Å². The molecule has 0 radical (unpaired) electrons. The first-order chi connectivity index (χ1) is 6.27. The Morgan fingerprint density at radius 3 is 3.08 bits per heavy atom. The molecule has 1 unspecified atom stereocenters. The van der Waals surface area contributed by atoms with Crippen LogP contribution in [0.3, 0.4) is 0 Å². The van der Waals surface area contributed by atoms with Gasteiger partial charge in [0.2, 0.25) is 0 Å². The molecule has 0 spiro atoms. The molecule has 2 atom stereocenters. The summed E-state index contributed by atoms with van der Waals surface area (Å²) in [5, 5.41) is 0. The van der Waals surface area contributed by atoms with Crippen LogP contribution in [0.2, 0.25) is 0 Å². The van der Waals surface area contributed by atoms with Gasteiger partial charge in [-0.2, -0.15) is 0 Å². The van der Waals surface area contributed by atoms with Crippen LogP contribution in [-0.2, 0) is 0 Å². The van der Waals surface area contributed by atoms with Crippen molar-refractivity contribution >= 4 is 0 Å². The van der Waals surface area contributed by atoms with Crippen molar-refractivity contribution in [3.05, 3.63) is 23.8 Å². The van der Waals surface area contributed by atoms with Gasteiger partial charge in [-0.3, -0.25) is 0 Å². The first-order valence-electron chi connectivity index (χ1n) is 5.61. The lowest BCUT2D eigenvalue weighted by molar-refractivity contribution is 0.337. The summed E-state index contributed by atoms with van der Waals surface area (Å²) < 4.78 is 0. The summed E-state index contributed by atoms with van der Waals surface area (Å²) in [7, 11) is 0. The first kappa shape index (κ1) is 9.05. The Kier molecular flexibility index (Phi) is 2.57. The average Bonchev–Trinajstić information content (AvgIpc) is 2.17. The minimum absolute atomic E-state index is 0.820. The van der Waals surface area contributed by atoms with Crippen molar-refractivity contribution in [2.24, 2.45) is 11.8 Å². The van der Waals surface area contributed by atoms with E-state index in [-0.39, 0.29) is 0 Å². The Labute approximate surface area is 81.7 Å². The molecule has 0 aromatic rings. The Balaban J connectivity index is 2.04. The summed E-state index contributed by atoms with van der Waals surface area (Å²) in [5.41, 5.74) is 3.17. The molecular formula is C13H20. The van der Waals surface area contributed by atoms with Gasteiger partial charge >= 0.3 is 0 Å². The van der Waals surface area contributed by atoms with Gasteiger partial charge in [-0.25, -0.2) is 0 Å². The van der Waals surface area contributed by atoms with E-state index in [1.54, 1.807) is 5.57 Å². The van der Waals surface area contributed by atoms with E-state index >= 15 is 0 Å². The van der Waals surface area contributed by atoms with E-state index in [4.69, 9.17) is 0 Å². The fraction of sp³-hybridized carbons (Fsp3) is 0.692. The molecule has 0 N–H and O–H groups in total. The zero-order valence-corrected chi connectivity index (χ0v) is 8.68. The summed E-state index contributed by atoms with van der Waals surface area (Å²) in [4.78, 5) is 0. The number of hydrogen-bond acceptors (Lipinski definition) is 0. The van der Waals surface area contributed by atoms with E-state index in [1.165, 1.54) is 44.1 Å². The number of rotatable bonds is 1. The molecule has 0 bridgehead atoms. The third kappa shape index (κ3) is 1.87. The van der Waals surface area contributed by atoms with Crippen molar-refractivity contribution in [2.45, 2.75) is 45.4 Å². The number of fused-ring (bicyclic) bond motifs is 1. The molecule has 1 fully saturated rings. The van der Waals surface area contributed by atoms with Gasteiger partial charge in [-0.1, -0.05) is 23.8 Å². The van der Waals surface area contributed by atoms with Crippen LogP contribution in [-0.4, -0.2) is 0 Å². The van der Waals surface area contributed by atoms with Crippen LogP contribution in [0.5, 0.6) is 0 Å². The van der Waals surface area contributed by atoms with Crippen LogP contribution < -0.4 is 0 Å². The van der Waals surface area contributed by atoms with Gasteiger partial charge in [-0.05, 0) is 57.3 Å². The van der Waals surface area contributed by atoms with Crippen LogP contribution in [0.1, 0.15) is 45.4 Å². The molecule has 13 heavy (non-hydrogen) atoms. The highest BCUT2D eigenvalue weighted by atomic mass is 14.3. The Morgan fingerprint density at radius 2 is 2.31 bits per heavy atom. The minimum atomic E-state index is 0.820. The summed E-state index contributed by atoms with van der Waals surface area (Å²) in [6, 6.07) is 0. The van der Waals surface area contributed by atoms with Gasteiger partial charge in [0.05, 0.1) is 0 Å². The molecule has 2 rings (SSSR count). The van der Waals surface area contributed by atoms with Gasteiger partial charge < -0.3 is 0 Å². The molecule has 0 aromatic heterocycles. The highest BCUT2D eigenvalue weighted by Gasteiger charge is 2.26. The van der Waals surface area contributed by atoms with Crippen molar-refractivity contribution < 1.29 is 0 Å². The second kappa shape index (κ2) is 3.69. The van der Waals surface area contributed by atoms with Gasteiger partial charge in [0.15, 0.2) is 0 Å². The number of allylic oxidation sites excluding steroid dienone is 3. The Bertz CT molecular complexity index is 234. The topological polar surface area (TPSA) is 0 Å². The highest BCUT2D eigenvalue weighted by molar-refractivity contribution is 5.15. The summed E-state index contributed by atoms with van der Waals surface area (Å²) in [6.07, 6.45) is 10.8. The molecule has 0 aromatic carbocycles. The summed E-state index contributed by atoms with van der Waals surface area (Å²) in [6.45, 7) is 6.29. The fourth-order valence-electron chi connectivity index (χ4n) is 2.83. The van der Waals surface area contributed by atoms with Crippen molar-refractivity contribution in [3.8, 4) is 0 Å². The largest absolute Gasteiger partial charge is 0.0999 e. The molecule has 0 nitrogen and oxygen atoms in total. The van der Waals surface area contributed by atoms with E-state index in [0.29, 0.717) is 0 Å². The Morgan fingerprint density at radius 1 is 1.46 bits per heavy atom. The van der Waals surface area contributed by atoms with Gasteiger partial charge in [0.25, 0.3) is 0 Å². The van der Waals surface area contributed by atoms with Gasteiger partial charge in [0, 0.05) is 0 Å². The lowest BCUT2D eigenvalue weighted by Crippen LogP contribution is -2.20. The molecular weight excluding hydrogens is 156 g/mol. The lowest BCUT2D eigenvalue weighted by Gasteiger charge is -2.34. The molecule has 1 saturated carbocycles. The van der Waals surface area contributed by atoms with E-state index in [0.717, 1.165) is 11.8 Å². The minimum Gasteiger partial charge on any atom is -0.0999 e. The third-order valence-electron chi connectivity index (χ3n) is 3.74. The van der Waals surface area contributed by atoms with Gasteiger partial charge in [0.1, 0.15) is 0 Å². The predicted molar refractivity (Wildman–Crippen MR) is 57.6 cm³/mol. The van der Waals surface area contributed by atoms with Crippen LogP contribution in [0.25, 0.3) is 0 Å². The zero-order chi connectivity index (χ0) is 9.26. The molecule has 2 aliphatic rings. The van der Waals surface area contributed by atoms with Crippen molar-refractivity contribution in [2.75, 3.05) is 0 Å². The van der Waals surface area contributed by atoms with E-state index in [2.05, 4.69) is 19.6 Å². The maximum Gasteiger partial charge on any atom is -0.0197 e. The molecule has 0 heteroatoms. The highest BCUT2D eigenvalue weighted by Crippen LogP contribution is 2.41.